The van der Waals surface area contributed by atoms with Crippen LogP contribution in [0.25, 0.3) is 21.6 Å². The Kier molecular flexibility index (Phi) is 5.52. The first-order valence-electron chi connectivity index (χ1n) is 9.55. The van der Waals surface area contributed by atoms with Crippen molar-refractivity contribution >= 4 is 37.9 Å². The molecule has 0 amide bonds. The molecule has 1 aliphatic rings. The number of pyridine rings is 1. The molecule has 0 saturated heterocycles. The summed E-state index contributed by atoms with van der Waals surface area (Å²) in [5, 5.41) is 23.2. The zero-order chi connectivity index (χ0) is 20.4. The van der Waals surface area contributed by atoms with Crippen molar-refractivity contribution in [1.82, 2.24) is 20.2 Å². The highest BCUT2D eigenvalue weighted by Crippen LogP contribution is 2.39. The fourth-order valence-electron chi connectivity index (χ4n) is 3.74. The number of aromatic nitrogens is 4. The Balaban J connectivity index is 1.46. The molecule has 2 N–H and O–H groups in total. The lowest BCUT2D eigenvalue weighted by molar-refractivity contribution is 0.311. The standard InChI is InChI=1S/C19H22N6O2S2/c1-12-24-25-19(28-12)16-10-22-18-15(4-6-21-18)17(16)23-14-8-13(9-14)11-29(26,27)7-3-2-5-20/h4,6,10,13-14H,2-3,7-9,11H2,1H3,(H2,21,22,23). The van der Waals surface area contributed by atoms with Crippen LogP contribution in [-0.2, 0) is 9.84 Å². The summed E-state index contributed by atoms with van der Waals surface area (Å²) in [6.45, 7) is 1.92. The molecule has 0 bridgehead atoms. The maximum atomic E-state index is 12.2. The molecule has 10 heteroatoms. The fraction of sp³-hybridized carbons (Fsp3) is 0.474. The Bertz CT molecular complexity index is 1160. The van der Waals surface area contributed by atoms with E-state index in [1.165, 1.54) is 11.3 Å². The highest BCUT2D eigenvalue weighted by atomic mass is 32.2. The van der Waals surface area contributed by atoms with Crippen molar-refractivity contribution in [3.05, 3.63) is 23.5 Å². The molecule has 4 rings (SSSR count). The molecule has 1 saturated carbocycles. The van der Waals surface area contributed by atoms with Crippen molar-refractivity contribution in [1.29, 1.82) is 5.26 Å². The van der Waals surface area contributed by atoms with E-state index in [1.54, 1.807) is 6.20 Å². The van der Waals surface area contributed by atoms with Crippen LogP contribution in [0.3, 0.4) is 0 Å². The van der Waals surface area contributed by atoms with Crippen LogP contribution >= 0.6 is 11.3 Å². The maximum Gasteiger partial charge on any atom is 0.151 e. The molecule has 0 radical (unpaired) electrons. The summed E-state index contributed by atoms with van der Waals surface area (Å²) < 4.78 is 24.4. The van der Waals surface area contributed by atoms with Gasteiger partial charge in [-0.3, -0.25) is 0 Å². The molecular formula is C19H22N6O2S2. The molecule has 0 spiro atoms. The zero-order valence-corrected chi connectivity index (χ0v) is 17.7. The number of sulfone groups is 1. The second kappa shape index (κ2) is 8.08. The summed E-state index contributed by atoms with van der Waals surface area (Å²) >= 11 is 1.52. The average molecular weight is 431 g/mol. The molecule has 8 nitrogen and oxygen atoms in total. The van der Waals surface area contributed by atoms with E-state index in [4.69, 9.17) is 5.26 Å². The van der Waals surface area contributed by atoms with Crippen LogP contribution in [0.4, 0.5) is 5.69 Å². The summed E-state index contributed by atoms with van der Waals surface area (Å²) in [4.78, 5) is 7.61. The summed E-state index contributed by atoms with van der Waals surface area (Å²) in [6, 6.07) is 4.19. The number of unbranched alkanes of at least 4 members (excludes halogenated alkanes) is 1. The van der Waals surface area contributed by atoms with Gasteiger partial charge in [0.25, 0.3) is 0 Å². The minimum Gasteiger partial charge on any atom is -0.381 e. The van der Waals surface area contributed by atoms with Crippen LogP contribution in [0, 0.1) is 24.2 Å². The molecule has 1 aliphatic carbocycles. The lowest BCUT2D eigenvalue weighted by atomic mass is 9.81. The number of nitrogens with one attached hydrogen (secondary N) is 2. The lowest BCUT2D eigenvalue weighted by Crippen LogP contribution is -2.39. The van der Waals surface area contributed by atoms with E-state index in [0.717, 1.165) is 45.1 Å². The fourth-order valence-corrected chi connectivity index (χ4v) is 6.19. The number of nitrogens with zero attached hydrogens (tertiary/aromatic N) is 4. The number of anilines is 1. The third-order valence-corrected chi connectivity index (χ3v) is 7.92. The lowest BCUT2D eigenvalue weighted by Gasteiger charge is -2.36. The Labute approximate surface area is 173 Å². The second-order valence-corrected chi connectivity index (χ2v) is 10.9. The van der Waals surface area contributed by atoms with E-state index < -0.39 is 9.84 Å². The minimum atomic E-state index is -3.09. The summed E-state index contributed by atoms with van der Waals surface area (Å²) in [5.41, 5.74) is 2.68. The zero-order valence-electron chi connectivity index (χ0n) is 16.1. The van der Waals surface area contributed by atoms with E-state index in [0.29, 0.717) is 6.42 Å². The van der Waals surface area contributed by atoms with Crippen LogP contribution in [0.15, 0.2) is 18.5 Å². The van der Waals surface area contributed by atoms with Crippen LogP contribution in [0.5, 0.6) is 0 Å². The monoisotopic (exact) mass is 430 g/mol. The number of rotatable bonds is 8. The van der Waals surface area contributed by atoms with Crippen molar-refractivity contribution in [2.45, 2.75) is 38.6 Å². The number of nitriles is 1. The molecule has 0 aliphatic heterocycles. The van der Waals surface area contributed by atoms with Crippen LogP contribution < -0.4 is 5.32 Å². The number of aryl methyl sites for hydroxylation is 1. The van der Waals surface area contributed by atoms with Gasteiger partial charge in [0, 0.05) is 30.2 Å². The molecule has 152 valence electrons. The molecule has 0 aromatic carbocycles. The number of aromatic amines is 1. The van der Waals surface area contributed by atoms with Gasteiger partial charge in [0.2, 0.25) is 0 Å². The Morgan fingerprint density at radius 3 is 2.93 bits per heavy atom. The topological polar surface area (TPSA) is 124 Å². The average Bonchev–Trinajstić information content (AvgIpc) is 3.28. The summed E-state index contributed by atoms with van der Waals surface area (Å²) in [7, 11) is -3.09. The number of hydrogen-bond acceptors (Lipinski definition) is 8. The highest BCUT2D eigenvalue weighted by molar-refractivity contribution is 7.91. The van der Waals surface area contributed by atoms with Crippen molar-refractivity contribution in [3.63, 3.8) is 0 Å². The van der Waals surface area contributed by atoms with Crippen LogP contribution in [-0.4, -0.2) is 46.1 Å². The third kappa shape index (κ3) is 4.41. The predicted octanol–water partition coefficient (Wildman–Crippen LogP) is 3.30. The van der Waals surface area contributed by atoms with Gasteiger partial charge in [-0.05, 0) is 38.2 Å². The molecule has 3 aromatic heterocycles. The van der Waals surface area contributed by atoms with Crippen molar-refractivity contribution in [2.24, 2.45) is 5.92 Å². The molecule has 0 atom stereocenters. The SMILES string of the molecule is Cc1nnc(-c2cnc3[nH]ccc3c2NC2CC(CS(=O)(=O)CCCC#N)C2)s1. The first-order chi connectivity index (χ1) is 13.9. The second-order valence-electron chi connectivity index (χ2n) is 7.47. The largest absolute Gasteiger partial charge is 0.381 e. The molecule has 0 unspecified atom stereocenters. The van der Waals surface area contributed by atoms with Gasteiger partial charge in [0.05, 0.1) is 28.8 Å². The van der Waals surface area contributed by atoms with Gasteiger partial charge in [-0.15, -0.1) is 10.2 Å². The smallest absolute Gasteiger partial charge is 0.151 e. The number of fused-ring (bicyclic) bond motifs is 1. The van der Waals surface area contributed by atoms with Gasteiger partial charge < -0.3 is 10.3 Å². The Morgan fingerprint density at radius 1 is 1.38 bits per heavy atom. The van der Waals surface area contributed by atoms with Gasteiger partial charge in [0.15, 0.2) is 14.8 Å². The van der Waals surface area contributed by atoms with Gasteiger partial charge >= 0.3 is 0 Å². The van der Waals surface area contributed by atoms with Gasteiger partial charge in [-0.25, -0.2) is 13.4 Å². The van der Waals surface area contributed by atoms with Crippen molar-refractivity contribution in [3.8, 4) is 16.6 Å². The minimum absolute atomic E-state index is 0.101. The number of hydrogen-bond donors (Lipinski definition) is 2. The van der Waals surface area contributed by atoms with Crippen molar-refractivity contribution in [2.75, 3.05) is 16.8 Å². The highest BCUT2D eigenvalue weighted by Gasteiger charge is 2.33. The van der Waals surface area contributed by atoms with E-state index in [1.807, 2.05) is 25.3 Å². The van der Waals surface area contributed by atoms with E-state index in [-0.39, 0.29) is 29.9 Å². The van der Waals surface area contributed by atoms with Gasteiger partial charge in [-0.1, -0.05) is 11.3 Å². The molecule has 29 heavy (non-hydrogen) atoms. The molecule has 1 fully saturated rings. The first kappa shape index (κ1) is 19.8. The predicted molar refractivity (Wildman–Crippen MR) is 113 cm³/mol. The van der Waals surface area contributed by atoms with E-state index >= 15 is 0 Å². The number of H-pyrrole nitrogens is 1. The summed E-state index contributed by atoms with van der Waals surface area (Å²) in [5.74, 6) is 0.467. The third-order valence-electron chi connectivity index (χ3n) is 5.16. The van der Waals surface area contributed by atoms with E-state index in [9.17, 15) is 8.42 Å². The summed E-state index contributed by atoms with van der Waals surface area (Å²) in [6.07, 6.45) is 5.98. The Hall–Kier alpha value is -2.51. The Morgan fingerprint density at radius 2 is 2.21 bits per heavy atom. The van der Waals surface area contributed by atoms with Crippen LogP contribution in [0.2, 0.25) is 0 Å². The van der Waals surface area contributed by atoms with Crippen molar-refractivity contribution < 1.29 is 8.42 Å². The molecule has 3 heterocycles. The van der Waals surface area contributed by atoms with Gasteiger partial charge in [0.1, 0.15) is 10.7 Å². The van der Waals surface area contributed by atoms with E-state index in [2.05, 4.69) is 25.5 Å². The van der Waals surface area contributed by atoms with Crippen LogP contribution in [0.1, 0.15) is 30.7 Å². The quantitative estimate of drug-likeness (QED) is 0.525. The molecule has 3 aromatic rings. The normalized spacial score (nSPS) is 19.0. The first-order valence-corrected chi connectivity index (χ1v) is 12.2. The van der Waals surface area contributed by atoms with Gasteiger partial charge in [-0.2, -0.15) is 5.26 Å². The maximum absolute atomic E-state index is 12.2. The molecular weight excluding hydrogens is 408 g/mol.